The van der Waals surface area contributed by atoms with Crippen molar-refractivity contribution < 1.29 is 0 Å². The van der Waals surface area contributed by atoms with Crippen molar-refractivity contribution in [1.82, 2.24) is 0 Å². The standard InChI is InChI=1S/C19H12S/c1-2-6-16-14(5-1)15-10-11-18(16)20-19-13-7-3-4-12(13)8-9-17(15)19/h1-3,5-11H,4H2. The normalized spacial score (nSPS) is 14.4. The lowest BCUT2D eigenvalue weighted by atomic mass is 9.96. The van der Waals surface area contributed by atoms with Gasteiger partial charge in [0.1, 0.15) is 0 Å². The van der Waals surface area contributed by atoms with E-state index in [1.807, 2.05) is 11.8 Å². The van der Waals surface area contributed by atoms with Crippen molar-refractivity contribution in [2.24, 2.45) is 0 Å². The van der Waals surface area contributed by atoms with Crippen LogP contribution in [0.5, 0.6) is 0 Å². The molecule has 3 aliphatic rings. The van der Waals surface area contributed by atoms with E-state index < -0.39 is 0 Å². The average molecular weight is 272 g/mol. The largest absolute Gasteiger partial charge is 0.0882 e. The highest BCUT2D eigenvalue weighted by Gasteiger charge is 2.22. The SMILES string of the molecule is C1=Cc2c(ccc3c2Sc2ccc-3c3ccccc23)C1. The predicted molar refractivity (Wildman–Crippen MR) is 86.2 cm³/mol. The van der Waals surface area contributed by atoms with Gasteiger partial charge in [0, 0.05) is 9.79 Å². The fourth-order valence-corrected chi connectivity index (χ4v) is 4.57. The zero-order valence-electron chi connectivity index (χ0n) is 10.9. The quantitative estimate of drug-likeness (QED) is 0.405. The molecule has 3 aromatic carbocycles. The zero-order valence-corrected chi connectivity index (χ0v) is 11.7. The Labute approximate surface area is 122 Å². The molecule has 20 heavy (non-hydrogen) atoms. The Kier molecular flexibility index (Phi) is 2.03. The smallest absolute Gasteiger partial charge is 0.0276 e. The van der Waals surface area contributed by atoms with Crippen LogP contribution in [0.25, 0.3) is 28.0 Å². The summed E-state index contributed by atoms with van der Waals surface area (Å²) in [6, 6.07) is 17.9. The molecule has 2 heterocycles. The molecular formula is C19H12S. The van der Waals surface area contributed by atoms with Crippen LogP contribution in [0, 0.1) is 0 Å². The van der Waals surface area contributed by atoms with Crippen LogP contribution in [0.1, 0.15) is 11.1 Å². The summed E-state index contributed by atoms with van der Waals surface area (Å²) < 4.78 is 0. The number of benzene rings is 3. The van der Waals surface area contributed by atoms with E-state index in [0.717, 1.165) is 6.42 Å². The fraction of sp³-hybridized carbons (Fsp3) is 0.0526. The first-order chi connectivity index (χ1) is 9.92. The van der Waals surface area contributed by atoms with Gasteiger partial charge in [-0.3, -0.25) is 0 Å². The summed E-state index contributed by atoms with van der Waals surface area (Å²) in [6.07, 6.45) is 5.64. The van der Waals surface area contributed by atoms with E-state index in [4.69, 9.17) is 0 Å². The van der Waals surface area contributed by atoms with Gasteiger partial charge in [0.25, 0.3) is 0 Å². The summed E-state index contributed by atoms with van der Waals surface area (Å²) in [5.74, 6) is 0. The molecule has 2 aliphatic heterocycles. The predicted octanol–water partition coefficient (Wildman–Crippen LogP) is 5.54. The van der Waals surface area contributed by atoms with E-state index in [1.165, 1.54) is 42.8 Å². The topological polar surface area (TPSA) is 0 Å². The van der Waals surface area contributed by atoms with Crippen molar-refractivity contribution in [1.29, 1.82) is 0 Å². The third-order valence-electron chi connectivity index (χ3n) is 4.29. The molecule has 94 valence electrons. The molecule has 0 spiro atoms. The Bertz CT molecular complexity index is 903. The number of rotatable bonds is 0. The molecule has 0 unspecified atom stereocenters. The van der Waals surface area contributed by atoms with Crippen molar-refractivity contribution in [3.05, 3.63) is 65.7 Å². The van der Waals surface area contributed by atoms with Crippen LogP contribution in [0.2, 0.25) is 0 Å². The molecule has 3 aromatic rings. The second-order valence-electron chi connectivity index (χ2n) is 5.38. The summed E-state index contributed by atoms with van der Waals surface area (Å²) in [5, 5.41) is 2.75. The van der Waals surface area contributed by atoms with E-state index in [1.54, 1.807) is 0 Å². The van der Waals surface area contributed by atoms with Crippen LogP contribution in [0.4, 0.5) is 0 Å². The number of allylic oxidation sites excluding steroid dienone is 1. The summed E-state index contributed by atoms with van der Waals surface area (Å²) in [6.45, 7) is 0. The summed E-state index contributed by atoms with van der Waals surface area (Å²) >= 11 is 1.93. The van der Waals surface area contributed by atoms with Gasteiger partial charge in [-0.2, -0.15) is 0 Å². The zero-order chi connectivity index (χ0) is 13.1. The molecule has 2 bridgehead atoms. The van der Waals surface area contributed by atoms with Crippen molar-refractivity contribution in [2.45, 2.75) is 16.2 Å². The molecule has 0 saturated heterocycles. The van der Waals surface area contributed by atoms with Crippen LogP contribution in [0.15, 0.2) is 64.4 Å². The van der Waals surface area contributed by atoms with E-state index in [0.29, 0.717) is 0 Å². The average Bonchev–Trinajstić information content (AvgIpc) is 2.84. The van der Waals surface area contributed by atoms with Gasteiger partial charge in [0.15, 0.2) is 0 Å². The van der Waals surface area contributed by atoms with E-state index in [-0.39, 0.29) is 0 Å². The van der Waals surface area contributed by atoms with Crippen LogP contribution in [-0.2, 0) is 6.42 Å². The Hall–Kier alpha value is -1.99. The van der Waals surface area contributed by atoms with Gasteiger partial charge in [-0.1, -0.05) is 66.4 Å². The highest BCUT2D eigenvalue weighted by atomic mass is 32.2. The Morgan fingerprint density at radius 3 is 2.60 bits per heavy atom. The minimum absolute atomic E-state index is 1.08. The maximum Gasteiger partial charge on any atom is 0.0276 e. The first-order valence-electron chi connectivity index (χ1n) is 6.94. The fourth-order valence-electron chi connectivity index (χ4n) is 3.33. The highest BCUT2D eigenvalue weighted by Crippen LogP contribution is 2.49. The monoisotopic (exact) mass is 272 g/mol. The van der Waals surface area contributed by atoms with Crippen LogP contribution >= 0.6 is 11.8 Å². The molecular weight excluding hydrogens is 260 g/mol. The third-order valence-corrected chi connectivity index (χ3v) is 5.51. The Morgan fingerprint density at radius 1 is 0.800 bits per heavy atom. The first-order valence-corrected chi connectivity index (χ1v) is 7.76. The number of hydrogen-bond donors (Lipinski definition) is 0. The van der Waals surface area contributed by atoms with Crippen molar-refractivity contribution in [2.75, 3.05) is 0 Å². The second kappa shape index (κ2) is 3.77. The summed E-state index contributed by atoms with van der Waals surface area (Å²) in [7, 11) is 0. The van der Waals surface area contributed by atoms with Gasteiger partial charge in [0.05, 0.1) is 0 Å². The molecule has 0 amide bonds. The van der Waals surface area contributed by atoms with E-state index in [9.17, 15) is 0 Å². The van der Waals surface area contributed by atoms with E-state index >= 15 is 0 Å². The van der Waals surface area contributed by atoms with Gasteiger partial charge in [-0.25, -0.2) is 0 Å². The maximum absolute atomic E-state index is 2.30. The molecule has 0 saturated carbocycles. The minimum atomic E-state index is 1.08. The van der Waals surface area contributed by atoms with Gasteiger partial charge >= 0.3 is 0 Å². The molecule has 0 fully saturated rings. The molecule has 0 radical (unpaired) electrons. The molecule has 1 aliphatic carbocycles. The van der Waals surface area contributed by atoms with E-state index in [2.05, 4.69) is 60.7 Å². The minimum Gasteiger partial charge on any atom is -0.0882 e. The number of fused-ring (bicyclic) bond motifs is 2. The van der Waals surface area contributed by atoms with Gasteiger partial charge in [0.2, 0.25) is 0 Å². The highest BCUT2D eigenvalue weighted by molar-refractivity contribution is 7.99. The Balaban J connectivity index is 1.96. The van der Waals surface area contributed by atoms with Crippen LogP contribution < -0.4 is 0 Å². The Morgan fingerprint density at radius 2 is 1.65 bits per heavy atom. The first kappa shape index (κ1) is 10.8. The van der Waals surface area contributed by atoms with Crippen molar-refractivity contribution in [3.63, 3.8) is 0 Å². The van der Waals surface area contributed by atoms with Gasteiger partial charge in [-0.05, 0) is 45.5 Å². The summed E-state index contributed by atoms with van der Waals surface area (Å²) in [4.78, 5) is 2.80. The summed E-state index contributed by atoms with van der Waals surface area (Å²) in [5.41, 5.74) is 5.64. The molecule has 0 nitrogen and oxygen atoms in total. The van der Waals surface area contributed by atoms with Crippen molar-refractivity contribution >= 4 is 28.6 Å². The molecule has 1 heteroatoms. The van der Waals surface area contributed by atoms with Crippen LogP contribution in [0.3, 0.4) is 0 Å². The lowest BCUT2D eigenvalue weighted by Gasteiger charge is -2.10. The molecule has 0 atom stereocenters. The molecule has 0 N–H and O–H groups in total. The molecule has 0 aromatic heterocycles. The third kappa shape index (κ3) is 1.28. The second-order valence-corrected chi connectivity index (χ2v) is 6.43. The lowest BCUT2D eigenvalue weighted by molar-refractivity contribution is 1.27. The maximum atomic E-state index is 2.30. The molecule has 6 rings (SSSR count). The lowest BCUT2D eigenvalue weighted by Crippen LogP contribution is -1.88. The number of hydrogen-bond acceptors (Lipinski definition) is 1. The van der Waals surface area contributed by atoms with Gasteiger partial charge < -0.3 is 0 Å². The van der Waals surface area contributed by atoms with Crippen molar-refractivity contribution in [3.8, 4) is 11.1 Å². The van der Waals surface area contributed by atoms with Crippen LogP contribution in [-0.4, -0.2) is 0 Å². The van der Waals surface area contributed by atoms with Gasteiger partial charge in [-0.15, -0.1) is 0 Å².